The van der Waals surface area contributed by atoms with Crippen LogP contribution >= 0.6 is 12.2 Å². The zero-order valence-corrected chi connectivity index (χ0v) is 17.5. The van der Waals surface area contributed by atoms with Gasteiger partial charge in [-0.15, -0.1) is 0 Å². The van der Waals surface area contributed by atoms with Crippen molar-refractivity contribution in [3.63, 3.8) is 0 Å². The lowest BCUT2D eigenvalue weighted by Gasteiger charge is -2.28. The zero-order chi connectivity index (χ0) is 20.1. The van der Waals surface area contributed by atoms with Crippen molar-refractivity contribution in [3.8, 4) is 0 Å². The maximum atomic E-state index is 5.75. The minimum atomic E-state index is 0.0472. The highest BCUT2D eigenvalue weighted by Gasteiger charge is 2.40. The number of thiocarbonyl (C=S) groups is 1. The van der Waals surface area contributed by atoms with Crippen molar-refractivity contribution in [3.05, 3.63) is 84.4 Å². The molecule has 2 aromatic heterocycles. The molecule has 29 heavy (non-hydrogen) atoms. The fourth-order valence-corrected chi connectivity index (χ4v) is 4.32. The Balaban J connectivity index is 1.52. The second-order valence-electron chi connectivity index (χ2n) is 7.19. The number of pyridine rings is 1. The first-order valence-corrected chi connectivity index (χ1v) is 10.6. The Bertz CT molecular complexity index is 925. The average molecular weight is 406 g/mol. The number of rotatable bonds is 8. The van der Waals surface area contributed by atoms with Gasteiger partial charge in [-0.05, 0) is 62.0 Å². The molecule has 1 fully saturated rings. The summed E-state index contributed by atoms with van der Waals surface area (Å²) in [5, 5.41) is 7.82. The van der Waals surface area contributed by atoms with Crippen LogP contribution < -0.4 is 10.6 Å². The number of hydrogen-bond acceptors (Lipinski definition) is 3. The summed E-state index contributed by atoms with van der Waals surface area (Å²) in [6.07, 6.45) is 4.98. The largest absolute Gasteiger partial charge is 0.385 e. The maximum Gasteiger partial charge on any atom is 0.170 e. The van der Waals surface area contributed by atoms with Crippen molar-refractivity contribution in [2.75, 3.05) is 18.4 Å². The molecule has 1 saturated heterocycles. The summed E-state index contributed by atoms with van der Waals surface area (Å²) >= 11 is 5.75. The van der Waals surface area contributed by atoms with Gasteiger partial charge in [0.25, 0.3) is 0 Å². The number of hydrogen-bond donors (Lipinski definition) is 2. The van der Waals surface area contributed by atoms with Gasteiger partial charge in [0.15, 0.2) is 5.11 Å². The van der Waals surface area contributed by atoms with Crippen LogP contribution in [0.5, 0.6) is 0 Å². The van der Waals surface area contributed by atoms with E-state index in [9.17, 15) is 0 Å². The van der Waals surface area contributed by atoms with Crippen LogP contribution in [0.3, 0.4) is 0 Å². The standard InChI is InChI=1S/C23H27N5S/c1-2-27-16-8-13-20(27)22-21(19-12-6-7-14-25-19)26-23(29)28(22)17-9-15-24-18-10-4-3-5-11-18/h3-8,10-14,16,21-22,24H,2,9,15,17H2,1H3,(H,26,29)/t21-,22+/m0/s1. The lowest BCUT2D eigenvalue weighted by molar-refractivity contribution is 0.302. The lowest BCUT2D eigenvalue weighted by atomic mass is 10.0. The summed E-state index contributed by atoms with van der Waals surface area (Å²) in [4.78, 5) is 6.93. The number of aryl methyl sites for hydroxylation is 1. The molecule has 4 rings (SSSR count). The van der Waals surface area contributed by atoms with E-state index >= 15 is 0 Å². The molecular weight excluding hydrogens is 378 g/mol. The van der Waals surface area contributed by atoms with Gasteiger partial charge >= 0.3 is 0 Å². The topological polar surface area (TPSA) is 45.1 Å². The van der Waals surface area contributed by atoms with E-state index in [1.54, 1.807) is 0 Å². The molecule has 6 heteroatoms. The Morgan fingerprint density at radius 3 is 2.66 bits per heavy atom. The SMILES string of the molecule is CCn1cccc1[C@@H]1[C@H](c2ccccn2)NC(=S)N1CCCNc1ccccc1. The Morgan fingerprint density at radius 1 is 1.07 bits per heavy atom. The summed E-state index contributed by atoms with van der Waals surface area (Å²) in [7, 11) is 0. The van der Waals surface area contributed by atoms with Gasteiger partial charge in [-0.1, -0.05) is 24.3 Å². The number of anilines is 1. The van der Waals surface area contributed by atoms with Gasteiger partial charge in [0.05, 0.1) is 17.8 Å². The summed E-state index contributed by atoms with van der Waals surface area (Å²) in [6.45, 7) is 4.89. The molecule has 150 valence electrons. The van der Waals surface area contributed by atoms with E-state index in [1.165, 1.54) is 5.69 Å². The normalized spacial score (nSPS) is 18.7. The maximum absolute atomic E-state index is 5.75. The van der Waals surface area contributed by atoms with E-state index in [2.05, 4.69) is 68.5 Å². The highest BCUT2D eigenvalue weighted by Crippen LogP contribution is 2.38. The number of para-hydroxylation sites is 1. The third-order valence-electron chi connectivity index (χ3n) is 5.38. The fourth-order valence-electron chi connectivity index (χ4n) is 3.99. The van der Waals surface area contributed by atoms with E-state index < -0.39 is 0 Å². The van der Waals surface area contributed by atoms with Crippen LogP contribution in [0.2, 0.25) is 0 Å². The van der Waals surface area contributed by atoms with E-state index in [4.69, 9.17) is 12.2 Å². The monoisotopic (exact) mass is 405 g/mol. The molecule has 0 aliphatic carbocycles. The zero-order valence-electron chi connectivity index (χ0n) is 16.7. The van der Waals surface area contributed by atoms with E-state index in [0.717, 1.165) is 42.5 Å². The molecule has 0 bridgehead atoms. The first-order valence-electron chi connectivity index (χ1n) is 10.2. The second-order valence-corrected chi connectivity index (χ2v) is 7.57. The number of benzene rings is 1. The van der Waals surface area contributed by atoms with Crippen molar-refractivity contribution in [2.24, 2.45) is 0 Å². The predicted molar refractivity (Wildman–Crippen MR) is 122 cm³/mol. The van der Waals surface area contributed by atoms with Crippen LogP contribution in [0, 0.1) is 0 Å². The van der Waals surface area contributed by atoms with Crippen molar-refractivity contribution in [1.29, 1.82) is 0 Å². The Labute approximate surface area is 177 Å². The molecule has 1 aliphatic heterocycles. The summed E-state index contributed by atoms with van der Waals surface area (Å²) < 4.78 is 2.30. The van der Waals surface area contributed by atoms with Crippen molar-refractivity contribution in [1.82, 2.24) is 19.8 Å². The van der Waals surface area contributed by atoms with Crippen molar-refractivity contribution >= 4 is 23.0 Å². The molecule has 3 aromatic rings. The first kappa shape index (κ1) is 19.5. The molecule has 0 amide bonds. The molecule has 2 atom stereocenters. The van der Waals surface area contributed by atoms with Gasteiger partial charge in [-0.3, -0.25) is 4.98 Å². The van der Waals surface area contributed by atoms with Gasteiger partial charge in [0.2, 0.25) is 0 Å². The molecule has 0 spiro atoms. The van der Waals surface area contributed by atoms with Crippen LogP contribution in [0.1, 0.15) is 36.8 Å². The van der Waals surface area contributed by atoms with Crippen molar-refractivity contribution < 1.29 is 0 Å². The molecule has 2 N–H and O–H groups in total. The van der Waals surface area contributed by atoms with E-state index in [1.807, 2.05) is 36.5 Å². The lowest BCUT2D eigenvalue weighted by Crippen LogP contribution is -2.32. The number of nitrogens with one attached hydrogen (secondary N) is 2. The molecular formula is C23H27N5S. The van der Waals surface area contributed by atoms with Gasteiger partial charge in [-0.25, -0.2) is 0 Å². The van der Waals surface area contributed by atoms with Gasteiger partial charge < -0.3 is 20.1 Å². The molecule has 0 saturated carbocycles. The van der Waals surface area contributed by atoms with Crippen LogP contribution in [-0.2, 0) is 6.54 Å². The summed E-state index contributed by atoms with van der Waals surface area (Å²) in [5.74, 6) is 0. The number of nitrogens with zero attached hydrogens (tertiary/aromatic N) is 3. The second kappa shape index (κ2) is 9.09. The highest BCUT2D eigenvalue weighted by atomic mass is 32.1. The minimum Gasteiger partial charge on any atom is -0.385 e. The van der Waals surface area contributed by atoms with Gasteiger partial charge in [-0.2, -0.15) is 0 Å². The van der Waals surface area contributed by atoms with E-state index in [-0.39, 0.29) is 12.1 Å². The van der Waals surface area contributed by atoms with Crippen molar-refractivity contribution in [2.45, 2.75) is 32.0 Å². The van der Waals surface area contributed by atoms with Crippen LogP contribution in [0.4, 0.5) is 5.69 Å². The fraction of sp³-hybridized carbons (Fsp3) is 0.304. The Kier molecular flexibility index (Phi) is 6.10. The molecule has 3 heterocycles. The molecule has 1 aliphatic rings. The quantitative estimate of drug-likeness (QED) is 0.430. The first-order chi connectivity index (χ1) is 14.3. The molecule has 5 nitrogen and oxygen atoms in total. The number of aromatic nitrogens is 2. The molecule has 0 radical (unpaired) electrons. The van der Waals surface area contributed by atoms with Crippen LogP contribution in [0.15, 0.2) is 73.1 Å². The summed E-state index contributed by atoms with van der Waals surface area (Å²) in [5.41, 5.74) is 3.44. The predicted octanol–water partition coefficient (Wildman–Crippen LogP) is 4.38. The van der Waals surface area contributed by atoms with Crippen LogP contribution in [-0.4, -0.2) is 32.7 Å². The van der Waals surface area contributed by atoms with Gasteiger partial charge in [0.1, 0.15) is 0 Å². The van der Waals surface area contributed by atoms with Gasteiger partial charge in [0, 0.05) is 43.4 Å². The Hall–Kier alpha value is -2.86. The minimum absolute atomic E-state index is 0.0472. The molecule has 1 aromatic carbocycles. The summed E-state index contributed by atoms with van der Waals surface area (Å²) in [6, 6.07) is 20.9. The van der Waals surface area contributed by atoms with Crippen LogP contribution in [0.25, 0.3) is 0 Å². The smallest absolute Gasteiger partial charge is 0.170 e. The average Bonchev–Trinajstić information content (AvgIpc) is 3.36. The highest BCUT2D eigenvalue weighted by molar-refractivity contribution is 7.80. The van der Waals surface area contributed by atoms with E-state index in [0.29, 0.717) is 0 Å². The molecule has 0 unspecified atom stereocenters. The third-order valence-corrected chi connectivity index (χ3v) is 5.74. The Morgan fingerprint density at radius 2 is 1.90 bits per heavy atom. The third kappa shape index (κ3) is 4.27.